The number of imidazole rings is 1. The molecular weight excluding hydrogens is 455 g/mol. The van der Waals surface area contributed by atoms with Gasteiger partial charge >= 0.3 is 0 Å². The molecular formula is C20H16Cl2N8O2. The predicted molar refractivity (Wildman–Crippen MR) is 122 cm³/mol. The minimum absolute atomic E-state index is 0.0603. The van der Waals surface area contributed by atoms with Crippen molar-refractivity contribution in [2.75, 3.05) is 23.7 Å². The Kier molecular flexibility index (Phi) is 6.43. The normalized spacial score (nSPS) is 10.7. The van der Waals surface area contributed by atoms with Crippen LogP contribution in [0.5, 0.6) is 0 Å². The van der Waals surface area contributed by atoms with Crippen LogP contribution in [0.3, 0.4) is 0 Å². The number of nitrogens with one attached hydrogen (secondary N) is 2. The summed E-state index contributed by atoms with van der Waals surface area (Å²) in [5, 5.41) is 17.8. The van der Waals surface area contributed by atoms with Gasteiger partial charge in [0, 0.05) is 37.1 Å². The molecule has 12 heteroatoms. The summed E-state index contributed by atoms with van der Waals surface area (Å²) in [7, 11) is 0. The zero-order chi connectivity index (χ0) is 22.5. The molecule has 32 heavy (non-hydrogen) atoms. The summed E-state index contributed by atoms with van der Waals surface area (Å²) >= 11 is 12.3. The highest BCUT2D eigenvalue weighted by Gasteiger charge is 2.13. The van der Waals surface area contributed by atoms with Crippen LogP contribution in [-0.2, 0) is 0 Å². The molecule has 0 radical (unpaired) electrons. The molecule has 0 aliphatic heterocycles. The predicted octanol–water partition coefficient (Wildman–Crippen LogP) is 4.46. The molecule has 0 saturated carbocycles. The third-order valence-corrected chi connectivity index (χ3v) is 5.16. The second-order valence-electron chi connectivity index (χ2n) is 6.54. The molecule has 3 aromatic heterocycles. The molecule has 0 bridgehead atoms. The minimum Gasteiger partial charge on any atom is -0.368 e. The van der Waals surface area contributed by atoms with Gasteiger partial charge in [0.25, 0.3) is 5.69 Å². The lowest BCUT2D eigenvalue weighted by Gasteiger charge is -2.13. The first-order valence-corrected chi connectivity index (χ1v) is 10.2. The highest BCUT2D eigenvalue weighted by Crippen LogP contribution is 2.31. The molecule has 0 aliphatic rings. The molecule has 162 valence electrons. The Morgan fingerprint density at radius 2 is 1.88 bits per heavy atom. The van der Waals surface area contributed by atoms with Gasteiger partial charge in [-0.1, -0.05) is 29.3 Å². The van der Waals surface area contributed by atoms with E-state index in [9.17, 15) is 10.1 Å². The second kappa shape index (κ2) is 9.58. The lowest BCUT2D eigenvalue weighted by Crippen LogP contribution is -2.16. The number of nitro groups is 1. The van der Waals surface area contributed by atoms with Crippen molar-refractivity contribution in [2.24, 2.45) is 0 Å². The summed E-state index contributed by atoms with van der Waals surface area (Å²) < 4.78 is 1.81. The molecule has 10 nitrogen and oxygen atoms in total. The van der Waals surface area contributed by atoms with E-state index in [-0.39, 0.29) is 5.69 Å². The van der Waals surface area contributed by atoms with E-state index in [0.717, 1.165) is 11.3 Å². The van der Waals surface area contributed by atoms with Gasteiger partial charge in [-0.15, -0.1) is 0 Å². The average Bonchev–Trinajstić information content (AvgIpc) is 3.33. The number of anilines is 2. The number of benzene rings is 1. The summed E-state index contributed by atoms with van der Waals surface area (Å²) in [6, 6.07) is 8.25. The Bertz CT molecular complexity index is 1230. The standard InChI is InChI=1S/C20H16Cl2N8O2/c21-15-3-1-13(9-16(15)22)19-17(29-8-7-23-12-29)11-27-20(28-19)25-6-5-24-18-4-2-14(10-26-18)30(31)32/h1-4,7-12H,5-6H2,(H,24,26)(H,25,27,28). The number of pyridine rings is 1. The molecule has 2 N–H and O–H groups in total. The van der Waals surface area contributed by atoms with Crippen LogP contribution < -0.4 is 10.6 Å². The fraction of sp³-hybridized carbons (Fsp3) is 0.100. The van der Waals surface area contributed by atoms with Crippen molar-refractivity contribution in [1.82, 2.24) is 24.5 Å². The molecule has 0 fully saturated rings. The Hall–Kier alpha value is -3.76. The van der Waals surface area contributed by atoms with E-state index in [1.807, 2.05) is 10.6 Å². The Labute approximate surface area is 192 Å². The van der Waals surface area contributed by atoms with Crippen LogP contribution in [0.1, 0.15) is 0 Å². The van der Waals surface area contributed by atoms with Crippen LogP contribution in [0.15, 0.2) is 61.4 Å². The molecule has 0 saturated heterocycles. The number of hydrogen-bond acceptors (Lipinski definition) is 8. The fourth-order valence-electron chi connectivity index (χ4n) is 2.87. The molecule has 3 heterocycles. The SMILES string of the molecule is O=[N+]([O-])c1ccc(NCCNc2ncc(-n3ccnc3)c(-c3ccc(Cl)c(Cl)c3)n2)nc1. The zero-order valence-electron chi connectivity index (χ0n) is 16.4. The largest absolute Gasteiger partial charge is 0.368 e. The molecule has 0 atom stereocenters. The summed E-state index contributed by atoms with van der Waals surface area (Å²) in [5.74, 6) is 0.957. The van der Waals surface area contributed by atoms with Crippen molar-refractivity contribution in [3.05, 3.63) is 81.6 Å². The quantitative estimate of drug-likeness (QED) is 0.219. The van der Waals surface area contributed by atoms with Gasteiger partial charge in [-0.2, -0.15) is 0 Å². The van der Waals surface area contributed by atoms with Crippen LogP contribution in [0.2, 0.25) is 10.0 Å². The fourth-order valence-corrected chi connectivity index (χ4v) is 3.17. The van der Waals surface area contributed by atoms with Gasteiger partial charge in [-0.3, -0.25) is 10.1 Å². The Balaban J connectivity index is 1.48. The summed E-state index contributed by atoms with van der Waals surface area (Å²) in [4.78, 5) is 27.3. The van der Waals surface area contributed by atoms with Crippen molar-refractivity contribution in [3.8, 4) is 16.9 Å². The van der Waals surface area contributed by atoms with Gasteiger partial charge in [0.1, 0.15) is 12.0 Å². The maximum atomic E-state index is 10.7. The lowest BCUT2D eigenvalue weighted by molar-refractivity contribution is -0.385. The highest BCUT2D eigenvalue weighted by atomic mass is 35.5. The Morgan fingerprint density at radius 3 is 2.56 bits per heavy atom. The van der Waals surface area contributed by atoms with Crippen LogP contribution in [-0.4, -0.2) is 42.5 Å². The van der Waals surface area contributed by atoms with E-state index in [1.165, 1.54) is 12.3 Å². The van der Waals surface area contributed by atoms with E-state index in [1.54, 1.807) is 43.1 Å². The van der Waals surface area contributed by atoms with Crippen molar-refractivity contribution in [3.63, 3.8) is 0 Å². The number of nitrogens with zero attached hydrogens (tertiary/aromatic N) is 6. The van der Waals surface area contributed by atoms with Gasteiger partial charge in [0.05, 0.1) is 38.9 Å². The molecule has 4 aromatic rings. The summed E-state index contributed by atoms with van der Waals surface area (Å²) in [5.41, 5.74) is 2.11. The topological polar surface area (TPSA) is 124 Å². The van der Waals surface area contributed by atoms with E-state index in [2.05, 4.69) is 30.6 Å². The van der Waals surface area contributed by atoms with Crippen molar-refractivity contribution < 1.29 is 4.92 Å². The summed E-state index contributed by atoms with van der Waals surface area (Å²) in [6.45, 7) is 0.990. The van der Waals surface area contributed by atoms with E-state index in [4.69, 9.17) is 23.2 Å². The summed E-state index contributed by atoms with van der Waals surface area (Å²) in [6.07, 6.45) is 8.03. The maximum Gasteiger partial charge on any atom is 0.287 e. The van der Waals surface area contributed by atoms with Gasteiger partial charge in [0.15, 0.2) is 0 Å². The number of halogens is 2. The van der Waals surface area contributed by atoms with Crippen LogP contribution in [0.4, 0.5) is 17.5 Å². The first kappa shape index (κ1) is 21.5. The first-order valence-electron chi connectivity index (χ1n) is 9.40. The van der Waals surface area contributed by atoms with E-state index < -0.39 is 4.92 Å². The monoisotopic (exact) mass is 470 g/mol. The molecule has 1 aromatic carbocycles. The maximum absolute atomic E-state index is 10.7. The van der Waals surface area contributed by atoms with Crippen molar-refractivity contribution >= 4 is 40.7 Å². The van der Waals surface area contributed by atoms with Crippen LogP contribution in [0, 0.1) is 10.1 Å². The van der Waals surface area contributed by atoms with Gasteiger partial charge in [-0.05, 0) is 18.2 Å². The third kappa shape index (κ3) is 4.93. The number of rotatable bonds is 8. The van der Waals surface area contributed by atoms with Crippen molar-refractivity contribution in [2.45, 2.75) is 0 Å². The van der Waals surface area contributed by atoms with Gasteiger partial charge in [-0.25, -0.2) is 19.9 Å². The number of aromatic nitrogens is 5. The van der Waals surface area contributed by atoms with E-state index >= 15 is 0 Å². The molecule has 0 amide bonds. The smallest absolute Gasteiger partial charge is 0.287 e. The highest BCUT2D eigenvalue weighted by molar-refractivity contribution is 6.42. The Morgan fingerprint density at radius 1 is 1.03 bits per heavy atom. The lowest BCUT2D eigenvalue weighted by atomic mass is 10.1. The third-order valence-electron chi connectivity index (χ3n) is 4.42. The van der Waals surface area contributed by atoms with E-state index in [0.29, 0.717) is 40.6 Å². The zero-order valence-corrected chi connectivity index (χ0v) is 18.0. The number of hydrogen-bond donors (Lipinski definition) is 2. The second-order valence-corrected chi connectivity index (χ2v) is 7.35. The van der Waals surface area contributed by atoms with Crippen LogP contribution >= 0.6 is 23.2 Å². The molecule has 4 rings (SSSR count). The first-order chi connectivity index (χ1) is 15.5. The van der Waals surface area contributed by atoms with Gasteiger partial charge in [0.2, 0.25) is 5.95 Å². The molecule has 0 aliphatic carbocycles. The minimum atomic E-state index is -0.491. The molecule has 0 spiro atoms. The van der Waals surface area contributed by atoms with Gasteiger partial charge < -0.3 is 15.2 Å². The van der Waals surface area contributed by atoms with Crippen LogP contribution in [0.25, 0.3) is 16.9 Å². The van der Waals surface area contributed by atoms with Crippen molar-refractivity contribution in [1.29, 1.82) is 0 Å². The molecule has 0 unspecified atom stereocenters. The average molecular weight is 471 g/mol.